The van der Waals surface area contributed by atoms with Gasteiger partial charge in [-0.25, -0.2) is 0 Å². The summed E-state index contributed by atoms with van der Waals surface area (Å²) in [6, 6.07) is 5.98. The lowest BCUT2D eigenvalue weighted by Crippen LogP contribution is -2.02. The van der Waals surface area contributed by atoms with Crippen LogP contribution in [0.5, 0.6) is 0 Å². The molecule has 0 bridgehead atoms. The van der Waals surface area contributed by atoms with E-state index in [0.717, 1.165) is 28.1 Å². The summed E-state index contributed by atoms with van der Waals surface area (Å²) in [5.41, 5.74) is 11.4. The van der Waals surface area contributed by atoms with Crippen molar-refractivity contribution in [1.29, 1.82) is 0 Å². The maximum absolute atomic E-state index is 5.69. The first-order chi connectivity index (χ1) is 7.95. The number of aryl methyl sites for hydroxylation is 1. The van der Waals surface area contributed by atoms with Crippen molar-refractivity contribution in [1.82, 2.24) is 0 Å². The zero-order valence-corrected chi connectivity index (χ0v) is 10.8. The third kappa shape index (κ3) is 3.25. The molecular weight excluding hydrogens is 208 g/mol. The number of hydrogen-bond donors (Lipinski definition) is 2. The molecule has 0 aromatic heterocycles. The summed E-state index contributed by atoms with van der Waals surface area (Å²) in [5, 5.41) is 3.30. The summed E-state index contributed by atoms with van der Waals surface area (Å²) in [6.45, 7) is 13.8. The minimum Gasteiger partial charge on any atom is -0.399 e. The lowest BCUT2D eigenvalue weighted by Gasteiger charge is -2.14. The Morgan fingerprint density at radius 2 is 2.00 bits per heavy atom. The van der Waals surface area contributed by atoms with Gasteiger partial charge in [-0.1, -0.05) is 31.4 Å². The van der Waals surface area contributed by atoms with Crippen LogP contribution in [0.1, 0.15) is 25.0 Å². The van der Waals surface area contributed by atoms with Crippen LogP contribution in [-0.2, 0) is 0 Å². The highest BCUT2D eigenvalue weighted by Gasteiger charge is 2.03. The molecule has 0 aliphatic carbocycles. The molecule has 0 aliphatic rings. The van der Waals surface area contributed by atoms with Crippen LogP contribution in [0.15, 0.2) is 48.7 Å². The Hall–Kier alpha value is -1.96. The van der Waals surface area contributed by atoms with E-state index in [-0.39, 0.29) is 0 Å². The van der Waals surface area contributed by atoms with E-state index in [0.29, 0.717) is 5.70 Å². The summed E-state index contributed by atoms with van der Waals surface area (Å²) in [5.74, 6) is 0. The summed E-state index contributed by atoms with van der Waals surface area (Å²) in [4.78, 5) is 0. The van der Waals surface area contributed by atoms with Gasteiger partial charge < -0.3 is 11.1 Å². The normalized spacial score (nSPS) is 11.1. The number of allylic oxidation sites excluding steroid dienone is 2. The molecule has 2 nitrogen and oxygen atoms in total. The fraction of sp³-hybridized carbons (Fsp3) is 0.200. The first-order valence-electron chi connectivity index (χ1n) is 5.60. The number of nitrogens with one attached hydrogen (secondary N) is 1. The van der Waals surface area contributed by atoms with Gasteiger partial charge in [-0.2, -0.15) is 0 Å². The maximum atomic E-state index is 5.69. The lowest BCUT2D eigenvalue weighted by molar-refractivity contribution is 1.31. The number of hydrogen-bond acceptors (Lipinski definition) is 2. The smallest absolute Gasteiger partial charge is 0.0420 e. The molecule has 0 unspecified atom stereocenters. The number of benzene rings is 1. The van der Waals surface area contributed by atoms with Gasteiger partial charge in [-0.3, -0.25) is 0 Å². The van der Waals surface area contributed by atoms with Crippen molar-refractivity contribution in [2.24, 2.45) is 5.73 Å². The van der Waals surface area contributed by atoms with E-state index in [1.54, 1.807) is 0 Å². The van der Waals surface area contributed by atoms with E-state index in [9.17, 15) is 0 Å². The van der Waals surface area contributed by atoms with Gasteiger partial charge >= 0.3 is 0 Å². The molecule has 0 saturated carbocycles. The molecule has 0 fully saturated rings. The van der Waals surface area contributed by atoms with E-state index in [2.05, 4.69) is 18.5 Å². The number of nitrogens with two attached hydrogens (primary N) is 1. The second kappa shape index (κ2) is 5.39. The molecule has 0 radical (unpaired) electrons. The fourth-order valence-electron chi connectivity index (χ4n) is 1.39. The van der Waals surface area contributed by atoms with Gasteiger partial charge in [0.2, 0.25) is 0 Å². The third-order valence-corrected chi connectivity index (χ3v) is 2.80. The van der Waals surface area contributed by atoms with Gasteiger partial charge in [-0.05, 0) is 43.5 Å². The molecule has 0 spiro atoms. The van der Waals surface area contributed by atoms with Gasteiger partial charge in [0.15, 0.2) is 0 Å². The van der Waals surface area contributed by atoms with Crippen LogP contribution >= 0.6 is 0 Å². The summed E-state index contributed by atoms with van der Waals surface area (Å²) in [7, 11) is 0. The van der Waals surface area contributed by atoms with Crippen LogP contribution in [-0.4, -0.2) is 0 Å². The molecule has 3 N–H and O–H groups in total. The maximum Gasteiger partial charge on any atom is 0.0420 e. The minimum atomic E-state index is 0.571. The van der Waals surface area contributed by atoms with Gasteiger partial charge in [0, 0.05) is 17.1 Å². The highest BCUT2D eigenvalue weighted by Crippen LogP contribution is 2.22. The molecule has 0 saturated heterocycles. The molecule has 2 heteroatoms. The Kier molecular flexibility index (Phi) is 4.16. The van der Waals surface area contributed by atoms with Crippen LogP contribution in [0.4, 0.5) is 5.69 Å². The van der Waals surface area contributed by atoms with Crippen LogP contribution in [0, 0.1) is 6.92 Å². The van der Waals surface area contributed by atoms with Crippen molar-refractivity contribution in [2.75, 3.05) is 5.32 Å². The highest BCUT2D eigenvalue weighted by atomic mass is 14.9. The molecule has 1 aromatic carbocycles. The predicted octanol–water partition coefficient (Wildman–Crippen LogP) is 3.82. The first kappa shape index (κ1) is 13.1. The van der Waals surface area contributed by atoms with Crippen molar-refractivity contribution in [3.8, 4) is 0 Å². The van der Waals surface area contributed by atoms with Crippen molar-refractivity contribution in [3.05, 3.63) is 59.8 Å². The van der Waals surface area contributed by atoms with Crippen LogP contribution < -0.4 is 11.1 Å². The van der Waals surface area contributed by atoms with Gasteiger partial charge in [0.25, 0.3) is 0 Å². The zero-order valence-electron chi connectivity index (χ0n) is 10.8. The topological polar surface area (TPSA) is 38.0 Å². The Morgan fingerprint density at radius 1 is 1.35 bits per heavy atom. The Balaban J connectivity index is 3.02. The standard InChI is InChI=1S/C15H20N2/c1-6-10(2)13(5)17-15-9-14(12(4)16)8-7-11(15)3/h6-9,17H,4-5,16H2,1-3H3/b10-6+. The zero-order chi connectivity index (χ0) is 13.0. The molecule has 0 amide bonds. The highest BCUT2D eigenvalue weighted by molar-refractivity contribution is 5.68. The molecule has 17 heavy (non-hydrogen) atoms. The minimum absolute atomic E-state index is 0.571. The second-order valence-electron chi connectivity index (χ2n) is 4.13. The van der Waals surface area contributed by atoms with Crippen LogP contribution in [0.2, 0.25) is 0 Å². The van der Waals surface area contributed by atoms with Crippen molar-refractivity contribution >= 4 is 11.4 Å². The largest absolute Gasteiger partial charge is 0.399 e. The van der Waals surface area contributed by atoms with E-state index < -0.39 is 0 Å². The van der Waals surface area contributed by atoms with Crippen molar-refractivity contribution in [3.63, 3.8) is 0 Å². The van der Waals surface area contributed by atoms with Gasteiger partial charge in [0.05, 0.1) is 0 Å². The second-order valence-corrected chi connectivity index (χ2v) is 4.13. The molecular formula is C15H20N2. The van der Waals surface area contributed by atoms with Crippen LogP contribution in [0.25, 0.3) is 5.70 Å². The van der Waals surface area contributed by atoms with E-state index in [1.807, 2.05) is 45.0 Å². The molecule has 1 rings (SSSR count). The average molecular weight is 228 g/mol. The predicted molar refractivity (Wildman–Crippen MR) is 76.6 cm³/mol. The first-order valence-corrected chi connectivity index (χ1v) is 5.60. The Labute approximate surface area is 104 Å². The molecule has 0 aliphatic heterocycles. The van der Waals surface area contributed by atoms with Crippen molar-refractivity contribution in [2.45, 2.75) is 20.8 Å². The summed E-state index contributed by atoms with van der Waals surface area (Å²) in [6.07, 6.45) is 2.02. The SMILES string of the molecule is C=C(Nc1cc(C(=C)N)ccc1C)/C(C)=C/C. The fourth-order valence-corrected chi connectivity index (χ4v) is 1.39. The summed E-state index contributed by atoms with van der Waals surface area (Å²) >= 11 is 0. The van der Waals surface area contributed by atoms with Crippen LogP contribution in [0.3, 0.4) is 0 Å². The average Bonchev–Trinajstić information content (AvgIpc) is 2.30. The molecule has 90 valence electrons. The monoisotopic (exact) mass is 228 g/mol. The van der Waals surface area contributed by atoms with E-state index in [4.69, 9.17) is 5.73 Å². The summed E-state index contributed by atoms with van der Waals surface area (Å²) < 4.78 is 0. The lowest BCUT2D eigenvalue weighted by atomic mass is 10.1. The van der Waals surface area contributed by atoms with Crippen molar-refractivity contribution < 1.29 is 0 Å². The molecule has 1 aromatic rings. The van der Waals surface area contributed by atoms with Gasteiger partial charge in [0.1, 0.15) is 0 Å². The van der Waals surface area contributed by atoms with Gasteiger partial charge in [-0.15, -0.1) is 0 Å². The Bertz CT molecular complexity index is 482. The third-order valence-electron chi connectivity index (χ3n) is 2.80. The molecule has 0 heterocycles. The number of rotatable bonds is 4. The number of anilines is 1. The quantitative estimate of drug-likeness (QED) is 0.769. The van der Waals surface area contributed by atoms with E-state index in [1.165, 1.54) is 0 Å². The molecule has 0 atom stereocenters. The Morgan fingerprint density at radius 3 is 2.53 bits per heavy atom. The van der Waals surface area contributed by atoms with E-state index >= 15 is 0 Å².